The number of ether oxygens (including phenoxy) is 1. The number of hydrogen-bond donors (Lipinski definition) is 1. The van der Waals surface area contributed by atoms with Gasteiger partial charge in [0, 0.05) is 12.1 Å². The van der Waals surface area contributed by atoms with E-state index in [1.165, 1.54) is 12.1 Å². The Labute approximate surface area is 107 Å². The summed E-state index contributed by atoms with van der Waals surface area (Å²) < 4.78 is 41.8. The van der Waals surface area contributed by atoms with Gasteiger partial charge in [-0.05, 0) is 19.9 Å². The number of benzene rings is 1. The second-order valence-electron chi connectivity index (χ2n) is 4.20. The van der Waals surface area contributed by atoms with E-state index in [1.54, 1.807) is 19.9 Å². The van der Waals surface area contributed by atoms with E-state index in [-0.39, 0.29) is 24.7 Å². The molecule has 1 aromatic carbocycles. The molecule has 0 amide bonds. The number of rotatable bonds is 6. The minimum absolute atomic E-state index is 0.0407. The van der Waals surface area contributed by atoms with Crippen LogP contribution in [-0.4, -0.2) is 26.0 Å². The fourth-order valence-corrected chi connectivity index (χ4v) is 2.16. The summed E-state index contributed by atoms with van der Waals surface area (Å²) in [4.78, 5) is 0. The molecular weight excluding hydrogens is 257 g/mol. The van der Waals surface area contributed by atoms with Crippen molar-refractivity contribution in [3.8, 4) is 5.75 Å². The molecule has 0 bridgehead atoms. The molecule has 0 aliphatic heterocycles. The summed E-state index contributed by atoms with van der Waals surface area (Å²) in [7, 11) is -3.18. The molecule has 18 heavy (non-hydrogen) atoms. The van der Waals surface area contributed by atoms with Crippen LogP contribution in [0, 0.1) is 5.82 Å². The molecule has 0 aromatic heterocycles. The van der Waals surface area contributed by atoms with E-state index in [1.807, 2.05) is 0 Å². The van der Waals surface area contributed by atoms with Crippen LogP contribution in [0.25, 0.3) is 0 Å². The molecule has 0 saturated carbocycles. The third kappa shape index (κ3) is 3.68. The minimum Gasteiger partial charge on any atom is -0.489 e. The van der Waals surface area contributed by atoms with E-state index in [0.29, 0.717) is 5.56 Å². The van der Waals surface area contributed by atoms with Crippen molar-refractivity contribution in [2.75, 3.05) is 12.4 Å². The Hall–Kier alpha value is -1.14. The number of para-hydroxylation sites is 1. The van der Waals surface area contributed by atoms with Crippen LogP contribution >= 0.6 is 0 Å². The summed E-state index contributed by atoms with van der Waals surface area (Å²) in [6.45, 7) is 3.27. The third-order valence-corrected chi connectivity index (χ3v) is 4.77. The Morgan fingerprint density at radius 3 is 2.61 bits per heavy atom. The monoisotopic (exact) mass is 275 g/mol. The van der Waals surface area contributed by atoms with Gasteiger partial charge in [0.05, 0.1) is 11.0 Å². The summed E-state index contributed by atoms with van der Waals surface area (Å²) >= 11 is 0. The van der Waals surface area contributed by atoms with Gasteiger partial charge in [0.25, 0.3) is 0 Å². The van der Waals surface area contributed by atoms with Crippen LogP contribution in [0.5, 0.6) is 5.75 Å². The van der Waals surface area contributed by atoms with Gasteiger partial charge in [0.15, 0.2) is 21.4 Å². The average Bonchev–Trinajstić information content (AvgIpc) is 2.30. The van der Waals surface area contributed by atoms with Gasteiger partial charge in [0.1, 0.15) is 6.61 Å². The van der Waals surface area contributed by atoms with E-state index in [0.717, 1.165) is 0 Å². The lowest BCUT2D eigenvalue weighted by molar-refractivity contribution is 0.318. The maximum Gasteiger partial charge on any atom is 0.165 e. The van der Waals surface area contributed by atoms with Gasteiger partial charge >= 0.3 is 0 Å². The summed E-state index contributed by atoms with van der Waals surface area (Å²) in [5.74, 6) is -0.623. The second-order valence-corrected chi connectivity index (χ2v) is 6.87. The molecular formula is C12H18FNO3S. The summed E-state index contributed by atoms with van der Waals surface area (Å²) in [6, 6.07) is 4.44. The van der Waals surface area contributed by atoms with E-state index in [4.69, 9.17) is 10.5 Å². The summed E-state index contributed by atoms with van der Waals surface area (Å²) in [5.41, 5.74) is 5.99. The molecule has 0 saturated heterocycles. The number of hydrogen-bond acceptors (Lipinski definition) is 4. The van der Waals surface area contributed by atoms with Gasteiger partial charge in [0.2, 0.25) is 0 Å². The normalized spacial score (nSPS) is 11.8. The minimum atomic E-state index is -3.18. The molecule has 1 rings (SSSR count). The first-order valence-electron chi connectivity index (χ1n) is 5.70. The Morgan fingerprint density at radius 2 is 2.06 bits per heavy atom. The highest BCUT2D eigenvalue weighted by Gasteiger charge is 2.17. The molecule has 0 radical (unpaired) electrons. The van der Waals surface area contributed by atoms with Gasteiger partial charge < -0.3 is 10.5 Å². The fraction of sp³-hybridized carbons (Fsp3) is 0.500. The highest BCUT2D eigenvalue weighted by molar-refractivity contribution is 7.91. The average molecular weight is 275 g/mol. The second kappa shape index (κ2) is 6.15. The molecule has 2 N–H and O–H groups in total. The lowest BCUT2D eigenvalue weighted by Gasteiger charge is -2.12. The first kappa shape index (κ1) is 14.9. The van der Waals surface area contributed by atoms with Gasteiger partial charge in [-0.3, -0.25) is 0 Å². The zero-order valence-corrected chi connectivity index (χ0v) is 11.3. The van der Waals surface area contributed by atoms with E-state index < -0.39 is 20.9 Å². The Kier molecular flexibility index (Phi) is 5.10. The van der Waals surface area contributed by atoms with Gasteiger partial charge in [-0.15, -0.1) is 0 Å². The van der Waals surface area contributed by atoms with Crippen LogP contribution in [0.1, 0.15) is 19.4 Å². The van der Waals surface area contributed by atoms with Gasteiger partial charge in [-0.25, -0.2) is 12.8 Å². The molecule has 102 valence electrons. The molecule has 0 heterocycles. The van der Waals surface area contributed by atoms with Crippen LogP contribution < -0.4 is 10.5 Å². The molecule has 0 aliphatic carbocycles. The largest absolute Gasteiger partial charge is 0.489 e. The quantitative estimate of drug-likeness (QED) is 0.854. The standard InChI is InChI=1S/C12H18FNO3S/c1-9(2)18(15,16)7-6-17-12-10(8-14)4-3-5-11(12)13/h3-5,9H,6-8,14H2,1-2H3. The van der Waals surface area contributed by atoms with Crippen molar-refractivity contribution in [2.45, 2.75) is 25.6 Å². The van der Waals surface area contributed by atoms with Crippen LogP contribution in [0.4, 0.5) is 4.39 Å². The predicted molar refractivity (Wildman–Crippen MR) is 68.7 cm³/mol. The Balaban J connectivity index is 2.70. The lowest BCUT2D eigenvalue weighted by Crippen LogP contribution is -2.22. The lowest BCUT2D eigenvalue weighted by atomic mass is 10.2. The SMILES string of the molecule is CC(C)S(=O)(=O)CCOc1c(F)cccc1CN. The van der Waals surface area contributed by atoms with Crippen molar-refractivity contribution < 1.29 is 17.5 Å². The summed E-state index contributed by atoms with van der Waals surface area (Å²) in [5, 5.41) is -0.462. The number of sulfone groups is 1. The smallest absolute Gasteiger partial charge is 0.165 e. The van der Waals surface area contributed by atoms with Crippen LogP contribution in [0.2, 0.25) is 0 Å². The Morgan fingerprint density at radius 1 is 1.39 bits per heavy atom. The van der Waals surface area contributed by atoms with Gasteiger partial charge in [-0.1, -0.05) is 12.1 Å². The van der Waals surface area contributed by atoms with Crippen molar-refractivity contribution in [1.29, 1.82) is 0 Å². The van der Waals surface area contributed by atoms with Crippen LogP contribution in [0.3, 0.4) is 0 Å². The summed E-state index contributed by atoms with van der Waals surface area (Å²) in [6.07, 6.45) is 0. The van der Waals surface area contributed by atoms with Gasteiger partial charge in [-0.2, -0.15) is 0 Å². The number of nitrogens with two attached hydrogens (primary N) is 1. The fourth-order valence-electron chi connectivity index (χ4n) is 1.37. The molecule has 0 fully saturated rings. The molecule has 0 spiro atoms. The van der Waals surface area contributed by atoms with Crippen molar-refractivity contribution >= 4 is 9.84 Å². The molecule has 0 aliphatic rings. The maximum absolute atomic E-state index is 13.5. The Bertz CT molecular complexity index is 500. The van der Waals surface area contributed by atoms with Crippen molar-refractivity contribution in [3.63, 3.8) is 0 Å². The third-order valence-electron chi connectivity index (χ3n) is 2.60. The van der Waals surface area contributed by atoms with E-state index >= 15 is 0 Å². The van der Waals surface area contributed by atoms with E-state index in [9.17, 15) is 12.8 Å². The van der Waals surface area contributed by atoms with Crippen molar-refractivity contribution in [2.24, 2.45) is 5.73 Å². The van der Waals surface area contributed by atoms with Crippen molar-refractivity contribution in [3.05, 3.63) is 29.6 Å². The first-order valence-corrected chi connectivity index (χ1v) is 7.42. The zero-order valence-electron chi connectivity index (χ0n) is 10.5. The van der Waals surface area contributed by atoms with Crippen LogP contribution in [-0.2, 0) is 16.4 Å². The van der Waals surface area contributed by atoms with Crippen LogP contribution in [0.15, 0.2) is 18.2 Å². The van der Waals surface area contributed by atoms with Crippen molar-refractivity contribution in [1.82, 2.24) is 0 Å². The molecule has 0 atom stereocenters. The topological polar surface area (TPSA) is 69.4 Å². The zero-order chi connectivity index (χ0) is 13.8. The molecule has 1 aromatic rings. The molecule has 6 heteroatoms. The number of halogens is 1. The highest BCUT2D eigenvalue weighted by Crippen LogP contribution is 2.22. The predicted octanol–water partition coefficient (Wildman–Crippen LogP) is 1.49. The maximum atomic E-state index is 13.5. The first-order chi connectivity index (χ1) is 8.38. The molecule has 0 unspecified atom stereocenters. The van der Waals surface area contributed by atoms with E-state index in [2.05, 4.69) is 0 Å². The molecule has 4 nitrogen and oxygen atoms in total. The highest BCUT2D eigenvalue weighted by atomic mass is 32.2.